The molecule has 0 saturated carbocycles. The maximum Gasteiger partial charge on any atom is 0.255 e. The van der Waals surface area contributed by atoms with Crippen molar-refractivity contribution in [1.29, 1.82) is 0 Å². The van der Waals surface area contributed by atoms with E-state index >= 15 is 0 Å². The average molecular weight is 359 g/mol. The molecule has 3 aromatic carbocycles. The van der Waals surface area contributed by atoms with Crippen LogP contribution < -0.4 is 16.4 Å². The molecule has 3 aromatic rings. The summed E-state index contributed by atoms with van der Waals surface area (Å²) in [6.07, 6.45) is 0. The van der Waals surface area contributed by atoms with Gasteiger partial charge in [0.2, 0.25) is 5.91 Å². The summed E-state index contributed by atoms with van der Waals surface area (Å²) in [5, 5.41) is 5.46. The lowest BCUT2D eigenvalue weighted by atomic mass is 10.1. The Hall–Kier alpha value is -3.93. The number of rotatable bonds is 5. The van der Waals surface area contributed by atoms with Crippen molar-refractivity contribution >= 4 is 29.1 Å². The van der Waals surface area contributed by atoms with Gasteiger partial charge in [-0.25, -0.2) is 0 Å². The van der Waals surface area contributed by atoms with Gasteiger partial charge < -0.3 is 16.4 Å². The van der Waals surface area contributed by atoms with Crippen LogP contribution in [-0.4, -0.2) is 17.7 Å². The number of carbonyl (C=O) groups excluding carboxylic acids is 3. The van der Waals surface area contributed by atoms with Gasteiger partial charge in [-0.15, -0.1) is 0 Å². The first-order valence-electron chi connectivity index (χ1n) is 8.21. The number of hydrogen-bond acceptors (Lipinski definition) is 3. The molecule has 0 unspecified atom stereocenters. The average Bonchev–Trinajstić information content (AvgIpc) is 2.70. The van der Waals surface area contributed by atoms with E-state index in [0.717, 1.165) is 0 Å². The number of anilines is 2. The van der Waals surface area contributed by atoms with Crippen molar-refractivity contribution < 1.29 is 14.4 Å². The number of carbonyl (C=O) groups is 3. The van der Waals surface area contributed by atoms with Gasteiger partial charge in [0, 0.05) is 16.7 Å². The summed E-state index contributed by atoms with van der Waals surface area (Å²) in [5.74, 6) is -1.34. The monoisotopic (exact) mass is 359 g/mol. The van der Waals surface area contributed by atoms with Crippen LogP contribution in [0.1, 0.15) is 31.1 Å². The van der Waals surface area contributed by atoms with Crippen LogP contribution in [0, 0.1) is 0 Å². The van der Waals surface area contributed by atoms with Crippen LogP contribution in [0.15, 0.2) is 78.9 Å². The Kier molecular flexibility index (Phi) is 5.28. The molecule has 27 heavy (non-hydrogen) atoms. The third kappa shape index (κ3) is 4.38. The summed E-state index contributed by atoms with van der Waals surface area (Å²) >= 11 is 0. The quantitative estimate of drug-likeness (QED) is 0.651. The first kappa shape index (κ1) is 17.9. The van der Waals surface area contributed by atoms with Crippen molar-refractivity contribution in [3.63, 3.8) is 0 Å². The molecule has 3 rings (SSSR count). The van der Waals surface area contributed by atoms with Crippen molar-refractivity contribution in [3.05, 3.63) is 95.6 Å². The van der Waals surface area contributed by atoms with Crippen LogP contribution in [0.3, 0.4) is 0 Å². The summed E-state index contributed by atoms with van der Waals surface area (Å²) in [6, 6.07) is 21.7. The number of primary amides is 1. The van der Waals surface area contributed by atoms with Crippen LogP contribution in [0.2, 0.25) is 0 Å². The molecule has 6 heteroatoms. The van der Waals surface area contributed by atoms with Gasteiger partial charge in [0.25, 0.3) is 11.8 Å². The second-order valence-electron chi connectivity index (χ2n) is 5.76. The molecule has 3 amide bonds. The van der Waals surface area contributed by atoms with E-state index in [1.807, 2.05) is 6.07 Å². The first-order chi connectivity index (χ1) is 13.0. The van der Waals surface area contributed by atoms with Crippen LogP contribution in [0.5, 0.6) is 0 Å². The molecule has 0 aliphatic heterocycles. The molecule has 0 bridgehead atoms. The predicted octanol–water partition coefficient (Wildman–Crippen LogP) is 3.29. The number of benzene rings is 3. The highest BCUT2D eigenvalue weighted by Crippen LogP contribution is 2.25. The highest BCUT2D eigenvalue weighted by Gasteiger charge is 2.14. The number of nitrogens with two attached hydrogens (primary N) is 1. The molecule has 0 heterocycles. The van der Waals surface area contributed by atoms with Crippen LogP contribution in [-0.2, 0) is 0 Å². The van der Waals surface area contributed by atoms with Gasteiger partial charge in [0.05, 0.1) is 11.4 Å². The Morgan fingerprint density at radius 3 is 1.56 bits per heavy atom. The molecular weight excluding hydrogens is 342 g/mol. The van der Waals surface area contributed by atoms with Gasteiger partial charge in [-0.2, -0.15) is 0 Å². The Morgan fingerprint density at radius 1 is 0.593 bits per heavy atom. The zero-order valence-corrected chi connectivity index (χ0v) is 14.3. The highest BCUT2D eigenvalue weighted by molar-refractivity contribution is 6.10. The number of nitrogens with one attached hydrogen (secondary N) is 2. The van der Waals surface area contributed by atoms with Crippen LogP contribution in [0.4, 0.5) is 11.4 Å². The van der Waals surface area contributed by atoms with Gasteiger partial charge in [-0.1, -0.05) is 36.4 Å². The van der Waals surface area contributed by atoms with Gasteiger partial charge in [0.15, 0.2) is 0 Å². The SMILES string of the molecule is NC(=O)c1ccc(NC(=O)c2ccccc2)c(NC(=O)c2ccccc2)c1. The molecule has 0 aliphatic rings. The van der Waals surface area contributed by atoms with Crippen molar-refractivity contribution in [3.8, 4) is 0 Å². The number of hydrogen-bond donors (Lipinski definition) is 3. The van der Waals surface area contributed by atoms with Gasteiger partial charge in [-0.3, -0.25) is 14.4 Å². The molecule has 0 aromatic heterocycles. The Labute approximate surface area is 156 Å². The molecule has 0 saturated heterocycles. The highest BCUT2D eigenvalue weighted by atomic mass is 16.2. The lowest BCUT2D eigenvalue weighted by Crippen LogP contribution is -2.18. The fraction of sp³-hybridized carbons (Fsp3) is 0. The minimum absolute atomic E-state index is 0.219. The Morgan fingerprint density at radius 2 is 1.07 bits per heavy atom. The number of amides is 3. The molecule has 0 aliphatic carbocycles. The van der Waals surface area contributed by atoms with E-state index in [2.05, 4.69) is 10.6 Å². The van der Waals surface area contributed by atoms with Crippen LogP contribution in [0.25, 0.3) is 0 Å². The van der Waals surface area contributed by atoms with Crippen LogP contribution >= 0.6 is 0 Å². The second kappa shape index (κ2) is 7.97. The third-order valence-electron chi connectivity index (χ3n) is 3.87. The minimum Gasteiger partial charge on any atom is -0.366 e. The standard InChI is InChI=1S/C21H17N3O3/c22-19(25)16-11-12-17(23-20(26)14-7-3-1-4-8-14)18(13-16)24-21(27)15-9-5-2-6-10-15/h1-13H,(H2,22,25)(H,23,26)(H,24,27). The van der Waals surface area contributed by atoms with E-state index in [-0.39, 0.29) is 23.1 Å². The fourth-order valence-electron chi connectivity index (χ4n) is 2.48. The van der Waals surface area contributed by atoms with E-state index in [9.17, 15) is 14.4 Å². The lowest BCUT2D eigenvalue weighted by molar-refractivity contribution is 0.0996. The van der Waals surface area contributed by atoms with Crippen molar-refractivity contribution in [2.24, 2.45) is 5.73 Å². The smallest absolute Gasteiger partial charge is 0.255 e. The lowest BCUT2D eigenvalue weighted by Gasteiger charge is -2.14. The largest absolute Gasteiger partial charge is 0.366 e. The molecule has 134 valence electrons. The summed E-state index contributed by atoms with van der Waals surface area (Å²) in [6.45, 7) is 0. The fourth-order valence-corrected chi connectivity index (χ4v) is 2.48. The topological polar surface area (TPSA) is 101 Å². The van der Waals surface area contributed by atoms with E-state index in [0.29, 0.717) is 16.8 Å². The second-order valence-corrected chi connectivity index (χ2v) is 5.76. The molecular formula is C21H17N3O3. The van der Waals surface area contributed by atoms with Gasteiger partial charge in [0.1, 0.15) is 0 Å². The van der Waals surface area contributed by atoms with E-state index in [1.165, 1.54) is 18.2 Å². The molecule has 6 nitrogen and oxygen atoms in total. The van der Waals surface area contributed by atoms with E-state index < -0.39 is 5.91 Å². The van der Waals surface area contributed by atoms with Gasteiger partial charge in [-0.05, 0) is 42.5 Å². The van der Waals surface area contributed by atoms with Crippen molar-refractivity contribution in [2.45, 2.75) is 0 Å². The third-order valence-corrected chi connectivity index (χ3v) is 3.87. The molecule has 0 atom stereocenters. The summed E-state index contributed by atoms with van der Waals surface area (Å²) < 4.78 is 0. The normalized spacial score (nSPS) is 10.1. The van der Waals surface area contributed by atoms with Gasteiger partial charge >= 0.3 is 0 Å². The minimum atomic E-state index is -0.633. The zero-order valence-electron chi connectivity index (χ0n) is 14.3. The first-order valence-corrected chi connectivity index (χ1v) is 8.21. The molecule has 0 radical (unpaired) electrons. The molecule has 0 fully saturated rings. The summed E-state index contributed by atoms with van der Waals surface area (Å²) in [7, 11) is 0. The Bertz CT molecular complexity index is 986. The predicted molar refractivity (Wildman–Crippen MR) is 104 cm³/mol. The molecule has 4 N–H and O–H groups in total. The maximum absolute atomic E-state index is 12.5. The zero-order chi connectivity index (χ0) is 19.2. The van der Waals surface area contributed by atoms with Crippen molar-refractivity contribution in [2.75, 3.05) is 10.6 Å². The van der Waals surface area contributed by atoms with E-state index in [4.69, 9.17) is 5.73 Å². The maximum atomic E-state index is 12.5. The Balaban J connectivity index is 1.90. The van der Waals surface area contributed by atoms with Crippen molar-refractivity contribution in [1.82, 2.24) is 0 Å². The van der Waals surface area contributed by atoms with E-state index in [1.54, 1.807) is 54.6 Å². The molecule has 0 spiro atoms. The summed E-state index contributed by atoms with van der Waals surface area (Å²) in [5.41, 5.74) is 7.10. The summed E-state index contributed by atoms with van der Waals surface area (Å²) in [4.78, 5) is 36.4.